The van der Waals surface area contributed by atoms with Gasteiger partial charge >= 0.3 is 0 Å². The number of carbonyl (C=O) groups excluding carboxylic acids is 2. The van der Waals surface area contributed by atoms with Gasteiger partial charge in [0.05, 0.1) is 4.92 Å². The zero-order valence-electron chi connectivity index (χ0n) is 11.9. The van der Waals surface area contributed by atoms with Crippen molar-refractivity contribution >= 4 is 23.2 Å². The summed E-state index contributed by atoms with van der Waals surface area (Å²) >= 11 is 0. The zero-order valence-corrected chi connectivity index (χ0v) is 11.9. The number of primary amides is 1. The Morgan fingerprint density at radius 3 is 2.35 bits per heavy atom. The fourth-order valence-electron chi connectivity index (χ4n) is 2.02. The molecule has 0 heterocycles. The third-order valence-electron chi connectivity index (χ3n) is 3.18. The molecule has 2 aromatic carbocycles. The second-order valence-electron chi connectivity index (χ2n) is 4.75. The van der Waals surface area contributed by atoms with Gasteiger partial charge in [-0.15, -0.1) is 0 Å². The molecule has 118 valence electrons. The first-order valence-electron chi connectivity index (χ1n) is 6.59. The average Bonchev–Trinajstić information content (AvgIpc) is 2.53. The van der Waals surface area contributed by atoms with Crippen LogP contribution in [0.1, 0.15) is 22.0 Å². The Labute approximate surface area is 131 Å². The maximum Gasteiger partial charge on any atom is 0.292 e. The largest absolute Gasteiger partial charge is 0.393 e. The van der Waals surface area contributed by atoms with Crippen molar-refractivity contribution in [3.05, 3.63) is 69.8 Å². The molecule has 2 amide bonds. The van der Waals surface area contributed by atoms with E-state index >= 15 is 0 Å². The zero-order chi connectivity index (χ0) is 17.0. The average molecular weight is 314 g/mol. The molecule has 2 rings (SSSR count). The highest BCUT2D eigenvalue weighted by atomic mass is 16.6. The van der Waals surface area contributed by atoms with Crippen molar-refractivity contribution in [2.24, 2.45) is 5.73 Å². The first kappa shape index (κ1) is 16.0. The molecule has 1 unspecified atom stereocenters. The van der Waals surface area contributed by atoms with E-state index < -0.39 is 22.8 Å². The lowest BCUT2D eigenvalue weighted by atomic mass is 10.1. The van der Waals surface area contributed by atoms with Crippen LogP contribution in [0.3, 0.4) is 0 Å². The number of hydrogen-bond donors (Lipinski definition) is 3. The van der Waals surface area contributed by atoms with E-state index in [1.54, 1.807) is 30.3 Å². The Balaban J connectivity index is 2.28. The standard InChI is InChI=1S/C15H14N4O4/c16-11-7-6-10(8-12(11)19(22)23)15(21)18-13(14(17)20)9-4-2-1-3-5-9/h1-8,13H,16H2,(H2,17,20)(H,18,21). The number of nitrogens with one attached hydrogen (secondary N) is 1. The molecule has 2 aromatic rings. The molecule has 1 atom stereocenters. The molecular weight excluding hydrogens is 300 g/mol. The van der Waals surface area contributed by atoms with Crippen molar-refractivity contribution in [1.29, 1.82) is 0 Å². The quantitative estimate of drug-likeness (QED) is 0.431. The van der Waals surface area contributed by atoms with Crippen LogP contribution in [0.4, 0.5) is 11.4 Å². The molecule has 23 heavy (non-hydrogen) atoms. The van der Waals surface area contributed by atoms with Gasteiger partial charge in [-0.1, -0.05) is 30.3 Å². The number of anilines is 1. The third kappa shape index (κ3) is 3.62. The fraction of sp³-hybridized carbons (Fsp3) is 0.0667. The molecule has 0 fully saturated rings. The van der Waals surface area contributed by atoms with Crippen LogP contribution in [0.2, 0.25) is 0 Å². The summed E-state index contributed by atoms with van der Waals surface area (Å²) in [4.78, 5) is 34.0. The number of nitro groups is 1. The van der Waals surface area contributed by atoms with Gasteiger partial charge in [-0.25, -0.2) is 0 Å². The summed E-state index contributed by atoms with van der Waals surface area (Å²) in [6, 6.07) is 11.0. The van der Waals surface area contributed by atoms with Gasteiger partial charge < -0.3 is 16.8 Å². The van der Waals surface area contributed by atoms with Crippen LogP contribution >= 0.6 is 0 Å². The summed E-state index contributed by atoms with van der Waals surface area (Å²) < 4.78 is 0. The number of nitro benzene ring substituents is 1. The van der Waals surface area contributed by atoms with Gasteiger partial charge in [-0.3, -0.25) is 19.7 Å². The molecule has 0 radical (unpaired) electrons. The minimum absolute atomic E-state index is 0.00748. The smallest absolute Gasteiger partial charge is 0.292 e. The number of benzene rings is 2. The molecular formula is C15H14N4O4. The first-order chi connectivity index (χ1) is 10.9. The predicted molar refractivity (Wildman–Crippen MR) is 83.4 cm³/mol. The van der Waals surface area contributed by atoms with E-state index in [4.69, 9.17) is 11.5 Å². The maximum atomic E-state index is 12.2. The van der Waals surface area contributed by atoms with Gasteiger partial charge in [0, 0.05) is 11.6 Å². The van der Waals surface area contributed by atoms with Crippen LogP contribution in [-0.4, -0.2) is 16.7 Å². The number of nitrogens with zero attached hydrogens (tertiary/aromatic N) is 1. The lowest BCUT2D eigenvalue weighted by molar-refractivity contribution is -0.383. The summed E-state index contributed by atoms with van der Waals surface area (Å²) in [5.74, 6) is -1.41. The lowest BCUT2D eigenvalue weighted by Gasteiger charge is -2.16. The van der Waals surface area contributed by atoms with Gasteiger partial charge in [0.1, 0.15) is 11.7 Å². The van der Waals surface area contributed by atoms with Crippen LogP contribution in [0.25, 0.3) is 0 Å². The number of nitrogens with two attached hydrogens (primary N) is 2. The predicted octanol–water partition coefficient (Wildman–Crippen LogP) is 1.13. The third-order valence-corrected chi connectivity index (χ3v) is 3.18. The summed E-state index contributed by atoms with van der Waals surface area (Å²) in [5.41, 5.74) is 10.9. The molecule has 0 spiro atoms. The molecule has 0 bridgehead atoms. The van der Waals surface area contributed by atoms with Crippen LogP contribution in [0, 0.1) is 10.1 Å². The van der Waals surface area contributed by atoms with E-state index in [2.05, 4.69) is 5.32 Å². The molecule has 8 heteroatoms. The Morgan fingerprint density at radius 1 is 1.13 bits per heavy atom. The van der Waals surface area contributed by atoms with Crippen molar-refractivity contribution in [3.8, 4) is 0 Å². The number of rotatable bonds is 5. The number of hydrogen-bond acceptors (Lipinski definition) is 5. The highest BCUT2D eigenvalue weighted by molar-refractivity contribution is 5.98. The molecule has 0 aliphatic rings. The summed E-state index contributed by atoms with van der Waals surface area (Å²) in [5, 5.41) is 13.3. The topological polar surface area (TPSA) is 141 Å². The van der Waals surface area contributed by atoms with Gasteiger partial charge in [0.25, 0.3) is 11.6 Å². The van der Waals surface area contributed by atoms with E-state index in [1.165, 1.54) is 12.1 Å². The normalized spacial score (nSPS) is 11.5. The van der Waals surface area contributed by atoms with Crippen molar-refractivity contribution in [3.63, 3.8) is 0 Å². The summed E-state index contributed by atoms with van der Waals surface area (Å²) in [7, 11) is 0. The Bertz CT molecular complexity index is 761. The van der Waals surface area contributed by atoms with Crippen LogP contribution in [-0.2, 0) is 4.79 Å². The number of carbonyl (C=O) groups is 2. The van der Waals surface area contributed by atoms with Crippen molar-refractivity contribution in [2.45, 2.75) is 6.04 Å². The highest BCUT2D eigenvalue weighted by Gasteiger charge is 2.22. The highest BCUT2D eigenvalue weighted by Crippen LogP contribution is 2.23. The Hall–Kier alpha value is -3.42. The monoisotopic (exact) mass is 314 g/mol. The minimum atomic E-state index is -1.04. The van der Waals surface area contributed by atoms with Gasteiger partial charge in [0.15, 0.2) is 0 Å². The lowest BCUT2D eigenvalue weighted by Crippen LogP contribution is -2.37. The van der Waals surface area contributed by atoms with Gasteiger partial charge in [-0.05, 0) is 17.7 Å². The van der Waals surface area contributed by atoms with Crippen molar-refractivity contribution < 1.29 is 14.5 Å². The minimum Gasteiger partial charge on any atom is -0.393 e. The van der Waals surface area contributed by atoms with E-state index in [-0.39, 0.29) is 16.9 Å². The molecule has 0 aliphatic carbocycles. The fourth-order valence-corrected chi connectivity index (χ4v) is 2.02. The van der Waals surface area contributed by atoms with E-state index in [0.717, 1.165) is 6.07 Å². The molecule has 8 nitrogen and oxygen atoms in total. The molecule has 0 saturated carbocycles. The van der Waals surface area contributed by atoms with Gasteiger partial charge in [0.2, 0.25) is 5.91 Å². The SMILES string of the molecule is NC(=O)C(NC(=O)c1ccc(N)c([N+](=O)[O-])c1)c1ccccc1. The first-order valence-corrected chi connectivity index (χ1v) is 6.59. The maximum absolute atomic E-state index is 12.2. The molecule has 5 N–H and O–H groups in total. The van der Waals surface area contributed by atoms with E-state index in [9.17, 15) is 19.7 Å². The summed E-state index contributed by atoms with van der Waals surface area (Å²) in [6.07, 6.45) is 0. The second-order valence-corrected chi connectivity index (χ2v) is 4.75. The van der Waals surface area contributed by atoms with E-state index in [0.29, 0.717) is 5.56 Å². The summed E-state index contributed by atoms with van der Waals surface area (Å²) in [6.45, 7) is 0. The van der Waals surface area contributed by atoms with Gasteiger partial charge in [-0.2, -0.15) is 0 Å². The molecule has 0 aliphatic heterocycles. The number of nitrogen functional groups attached to an aromatic ring is 1. The Morgan fingerprint density at radius 2 is 1.78 bits per heavy atom. The van der Waals surface area contributed by atoms with Crippen LogP contribution in [0.5, 0.6) is 0 Å². The van der Waals surface area contributed by atoms with Crippen molar-refractivity contribution in [1.82, 2.24) is 5.32 Å². The molecule has 0 aromatic heterocycles. The number of amides is 2. The molecule has 0 saturated heterocycles. The van der Waals surface area contributed by atoms with E-state index in [1.807, 2.05) is 0 Å². The second kappa shape index (κ2) is 6.56. The van der Waals surface area contributed by atoms with Crippen molar-refractivity contribution in [2.75, 3.05) is 5.73 Å². The van der Waals surface area contributed by atoms with Crippen LogP contribution in [0.15, 0.2) is 48.5 Å². The Kier molecular flexibility index (Phi) is 4.55. The van der Waals surface area contributed by atoms with Crippen LogP contribution < -0.4 is 16.8 Å².